The van der Waals surface area contributed by atoms with E-state index in [0.717, 1.165) is 14.7 Å². The van der Waals surface area contributed by atoms with E-state index in [1.807, 2.05) is 4.68 Å². The van der Waals surface area contributed by atoms with Crippen molar-refractivity contribution in [2.75, 3.05) is 5.73 Å². The van der Waals surface area contributed by atoms with E-state index >= 15 is 0 Å². The molecule has 5 nitrogen and oxygen atoms in total. The smallest absolute Gasteiger partial charge is 0.164 e. The maximum absolute atomic E-state index is 5.86. The summed E-state index contributed by atoms with van der Waals surface area (Å²) in [5.41, 5.74) is 6.74. The number of nitrogens with zero attached hydrogens (tertiary/aromatic N) is 4. The third kappa shape index (κ3) is 1.47. The molecule has 2 aromatic rings. The molecule has 2 N–H and O–H groups in total. The van der Waals surface area contributed by atoms with Crippen molar-refractivity contribution in [1.29, 1.82) is 0 Å². The molecular formula is C10H12IN5. The van der Waals surface area contributed by atoms with E-state index in [1.54, 1.807) is 0 Å². The van der Waals surface area contributed by atoms with Crippen molar-refractivity contribution in [3.05, 3.63) is 10.0 Å². The first-order chi connectivity index (χ1) is 7.77. The summed E-state index contributed by atoms with van der Waals surface area (Å²) in [4.78, 5) is 8.33. The van der Waals surface area contributed by atoms with Crippen molar-refractivity contribution in [3.63, 3.8) is 0 Å². The predicted octanol–water partition coefficient (Wildman–Crippen LogP) is 2.13. The van der Waals surface area contributed by atoms with Crippen molar-refractivity contribution < 1.29 is 0 Å². The second-order valence-corrected chi connectivity index (χ2v) is 5.15. The summed E-state index contributed by atoms with van der Waals surface area (Å²) in [6, 6.07) is 0.486. The largest absolute Gasteiger partial charge is 0.383 e. The third-order valence-corrected chi connectivity index (χ3v) is 3.90. The second kappa shape index (κ2) is 3.83. The van der Waals surface area contributed by atoms with Gasteiger partial charge in [-0.15, -0.1) is 0 Å². The number of nitrogens with two attached hydrogens (primary N) is 1. The van der Waals surface area contributed by atoms with E-state index < -0.39 is 0 Å². The van der Waals surface area contributed by atoms with Gasteiger partial charge in [-0.25, -0.2) is 14.6 Å². The van der Waals surface area contributed by atoms with Crippen LogP contribution in [0.4, 0.5) is 5.82 Å². The predicted molar refractivity (Wildman–Crippen MR) is 70.0 cm³/mol. The van der Waals surface area contributed by atoms with Gasteiger partial charge in [-0.05, 0) is 35.4 Å². The molecule has 1 aliphatic rings. The normalized spacial score (nSPS) is 17.3. The van der Waals surface area contributed by atoms with E-state index in [2.05, 4.69) is 37.7 Å². The van der Waals surface area contributed by atoms with Crippen LogP contribution in [0.15, 0.2) is 6.33 Å². The Morgan fingerprint density at radius 1 is 1.31 bits per heavy atom. The van der Waals surface area contributed by atoms with Gasteiger partial charge in [0.1, 0.15) is 15.8 Å². The first kappa shape index (κ1) is 10.2. The number of aromatic nitrogens is 4. The molecule has 0 aliphatic heterocycles. The zero-order valence-corrected chi connectivity index (χ0v) is 10.9. The molecule has 0 radical (unpaired) electrons. The molecule has 6 heteroatoms. The number of halogens is 1. The lowest BCUT2D eigenvalue weighted by molar-refractivity contribution is 0.476. The molecule has 0 amide bonds. The van der Waals surface area contributed by atoms with Gasteiger partial charge in [0.2, 0.25) is 0 Å². The highest BCUT2D eigenvalue weighted by atomic mass is 127. The Morgan fingerprint density at radius 3 is 2.81 bits per heavy atom. The lowest BCUT2D eigenvalue weighted by Crippen LogP contribution is -2.07. The monoisotopic (exact) mass is 329 g/mol. The summed E-state index contributed by atoms with van der Waals surface area (Å²) >= 11 is 2.20. The first-order valence-corrected chi connectivity index (χ1v) is 6.49. The minimum atomic E-state index is 0.486. The van der Waals surface area contributed by atoms with E-state index in [1.165, 1.54) is 32.0 Å². The summed E-state index contributed by atoms with van der Waals surface area (Å²) in [5, 5.41) is 5.45. The Kier molecular flexibility index (Phi) is 2.45. The van der Waals surface area contributed by atoms with Crippen LogP contribution in [-0.4, -0.2) is 19.7 Å². The van der Waals surface area contributed by atoms with E-state index in [-0.39, 0.29) is 0 Å². The lowest BCUT2D eigenvalue weighted by Gasteiger charge is -2.09. The highest BCUT2D eigenvalue weighted by Gasteiger charge is 2.22. The van der Waals surface area contributed by atoms with Crippen LogP contribution in [0, 0.1) is 3.70 Å². The van der Waals surface area contributed by atoms with Gasteiger partial charge in [0.15, 0.2) is 5.65 Å². The number of hydrogen-bond donors (Lipinski definition) is 1. The van der Waals surface area contributed by atoms with Crippen LogP contribution < -0.4 is 5.73 Å². The Bertz CT molecular complexity index is 529. The molecule has 1 aliphatic carbocycles. The standard InChI is InChI=1S/C10H12IN5/c11-8-7-9(12)13-5-14-10(7)16(15-8)6-3-1-2-4-6/h5-6H,1-4H2,(H2,12,13,14). The minimum Gasteiger partial charge on any atom is -0.383 e. The van der Waals surface area contributed by atoms with Gasteiger partial charge < -0.3 is 5.73 Å². The van der Waals surface area contributed by atoms with Crippen LogP contribution in [0.25, 0.3) is 11.0 Å². The molecule has 0 unspecified atom stereocenters. The van der Waals surface area contributed by atoms with Crippen molar-refractivity contribution >= 4 is 39.4 Å². The van der Waals surface area contributed by atoms with Crippen LogP contribution >= 0.6 is 22.6 Å². The van der Waals surface area contributed by atoms with Crippen LogP contribution in [0.5, 0.6) is 0 Å². The van der Waals surface area contributed by atoms with Gasteiger partial charge in [-0.2, -0.15) is 5.10 Å². The van der Waals surface area contributed by atoms with Crippen LogP contribution in [0.3, 0.4) is 0 Å². The molecule has 0 aromatic carbocycles. The summed E-state index contributed by atoms with van der Waals surface area (Å²) in [6.45, 7) is 0. The van der Waals surface area contributed by atoms with Gasteiger partial charge in [0.25, 0.3) is 0 Å². The van der Waals surface area contributed by atoms with Crippen molar-refractivity contribution in [2.45, 2.75) is 31.7 Å². The van der Waals surface area contributed by atoms with E-state index in [4.69, 9.17) is 5.73 Å². The molecule has 0 saturated heterocycles. The Morgan fingerprint density at radius 2 is 2.06 bits per heavy atom. The molecule has 0 bridgehead atoms. The summed E-state index contributed by atoms with van der Waals surface area (Å²) in [7, 11) is 0. The van der Waals surface area contributed by atoms with E-state index in [0.29, 0.717) is 11.9 Å². The summed E-state index contributed by atoms with van der Waals surface area (Å²) in [6.07, 6.45) is 6.46. The van der Waals surface area contributed by atoms with Crippen LogP contribution in [0.1, 0.15) is 31.7 Å². The number of nitrogen functional groups attached to an aromatic ring is 1. The van der Waals surface area contributed by atoms with Crippen molar-refractivity contribution in [3.8, 4) is 0 Å². The molecule has 2 aromatic heterocycles. The van der Waals surface area contributed by atoms with Crippen LogP contribution in [-0.2, 0) is 0 Å². The van der Waals surface area contributed by atoms with Gasteiger partial charge in [0, 0.05) is 0 Å². The zero-order chi connectivity index (χ0) is 11.1. The topological polar surface area (TPSA) is 69.6 Å². The molecule has 2 heterocycles. The van der Waals surface area contributed by atoms with Crippen LogP contribution in [0.2, 0.25) is 0 Å². The average Bonchev–Trinajstić information content (AvgIpc) is 2.86. The van der Waals surface area contributed by atoms with Gasteiger partial charge >= 0.3 is 0 Å². The maximum Gasteiger partial charge on any atom is 0.164 e. The molecule has 16 heavy (non-hydrogen) atoms. The highest BCUT2D eigenvalue weighted by Crippen LogP contribution is 2.33. The number of fused-ring (bicyclic) bond motifs is 1. The SMILES string of the molecule is Nc1ncnc2c1c(I)nn2C1CCCC1. The lowest BCUT2D eigenvalue weighted by atomic mass is 10.2. The Labute approximate surface area is 107 Å². The summed E-state index contributed by atoms with van der Waals surface area (Å²) in [5.74, 6) is 0.527. The third-order valence-electron chi connectivity index (χ3n) is 3.15. The number of hydrogen-bond acceptors (Lipinski definition) is 4. The molecule has 1 saturated carbocycles. The van der Waals surface area contributed by atoms with Gasteiger partial charge in [-0.1, -0.05) is 12.8 Å². The minimum absolute atomic E-state index is 0.486. The number of anilines is 1. The number of rotatable bonds is 1. The zero-order valence-electron chi connectivity index (χ0n) is 8.73. The van der Waals surface area contributed by atoms with Gasteiger partial charge in [0.05, 0.1) is 11.4 Å². The fourth-order valence-electron chi connectivity index (χ4n) is 2.36. The molecular weight excluding hydrogens is 317 g/mol. The maximum atomic E-state index is 5.86. The average molecular weight is 329 g/mol. The van der Waals surface area contributed by atoms with E-state index in [9.17, 15) is 0 Å². The van der Waals surface area contributed by atoms with Gasteiger partial charge in [-0.3, -0.25) is 0 Å². The molecule has 84 valence electrons. The van der Waals surface area contributed by atoms with Crippen molar-refractivity contribution in [1.82, 2.24) is 19.7 Å². The molecule has 0 atom stereocenters. The Hall–Kier alpha value is -0.920. The Balaban J connectivity index is 2.22. The molecule has 1 fully saturated rings. The fourth-order valence-corrected chi connectivity index (χ4v) is 3.11. The highest BCUT2D eigenvalue weighted by molar-refractivity contribution is 14.1. The van der Waals surface area contributed by atoms with Crippen molar-refractivity contribution in [2.24, 2.45) is 0 Å². The second-order valence-electron chi connectivity index (χ2n) is 4.13. The molecule has 0 spiro atoms. The fraction of sp³-hybridized carbons (Fsp3) is 0.500. The quantitative estimate of drug-likeness (QED) is 0.814. The molecule has 3 rings (SSSR count). The summed E-state index contributed by atoms with van der Waals surface area (Å²) < 4.78 is 2.93. The first-order valence-electron chi connectivity index (χ1n) is 5.41.